The van der Waals surface area contributed by atoms with Crippen molar-refractivity contribution in [2.75, 3.05) is 0 Å². The van der Waals surface area contributed by atoms with Crippen LogP contribution in [0.25, 0.3) is 0 Å². The van der Waals surface area contributed by atoms with Gasteiger partial charge in [-0.25, -0.2) is 8.78 Å². The Morgan fingerprint density at radius 2 is 1.68 bits per heavy atom. The lowest BCUT2D eigenvalue weighted by Crippen LogP contribution is -2.14. The molecule has 2 aromatic carbocycles. The summed E-state index contributed by atoms with van der Waals surface area (Å²) in [5, 5.41) is 0.142. The van der Waals surface area contributed by atoms with Gasteiger partial charge in [0.1, 0.15) is 0 Å². The van der Waals surface area contributed by atoms with Gasteiger partial charge in [-0.15, -0.1) is 0 Å². The van der Waals surface area contributed by atoms with E-state index in [2.05, 4.69) is 15.9 Å². The van der Waals surface area contributed by atoms with Crippen LogP contribution in [0.1, 0.15) is 17.2 Å². The molecule has 0 heterocycles. The van der Waals surface area contributed by atoms with Gasteiger partial charge in [0.25, 0.3) is 0 Å². The maximum atomic E-state index is 13.2. The van der Waals surface area contributed by atoms with Crippen molar-refractivity contribution in [2.24, 2.45) is 5.73 Å². The number of hydrogen-bond donors (Lipinski definition) is 1. The van der Waals surface area contributed by atoms with E-state index in [-0.39, 0.29) is 5.02 Å². The smallest absolute Gasteiger partial charge is 0.160 e. The second kappa shape index (κ2) is 5.99. The Labute approximate surface area is 123 Å². The van der Waals surface area contributed by atoms with Crippen LogP contribution in [-0.2, 0) is 6.42 Å². The lowest BCUT2D eigenvalue weighted by atomic mass is 9.99. The van der Waals surface area contributed by atoms with Gasteiger partial charge in [0.15, 0.2) is 11.6 Å². The number of benzene rings is 2. The minimum absolute atomic E-state index is 0.142. The average molecular weight is 347 g/mol. The summed E-state index contributed by atoms with van der Waals surface area (Å²) in [5.41, 5.74) is 7.40. The molecule has 100 valence electrons. The molecule has 1 atom stereocenters. The molecule has 2 N–H and O–H groups in total. The lowest BCUT2D eigenvalue weighted by Gasteiger charge is -2.14. The Morgan fingerprint density at radius 3 is 2.32 bits per heavy atom. The van der Waals surface area contributed by atoms with Crippen LogP contribution in [0.15, 0.2) is 40.9 Å². The Morgan fingerprint density at radius 1 is 1.11 bits per heavy atom. The fourth-order valence-corrected chi connectivity index (χ4v) is 2.36. The van der Waals surface area contributed by atoms with Gasteiger partial charge in [0.2, 0.25) is 0 Å². The molecule has 5 heteroatoms. The summed E-state index contributed by atoms with van der Waals surface area (Å²) < 4.78 is 27.2. The molecular formula is C14H11BrClF2N. The van der Waals surface area contributed by atoms with Crippen LogP contribution in [0.2, 0.25) is 5.02 Å². The molecule has 0 fully saturated rings. The molecule has 0 aliphatic carbocycles. The van der Waals surface area contributed by atoms with Crippen LogP contribution in [0.5, 0.6) is 0 Å². The molecule has 0 aliphatic heterocycles. The molecule has 2 rings (SSSR count). The second-order valence-corrected chi connectivity index (χ2v) is 5.55. The largest absolute Gasteiger partial charge is 0.324 e. The van der Waals surface area contributed by atoms with E-state index in [1.807, 2.05) is 24.3 Å². The first-order valence-electron chi connectivity index (χ1n) is 5.62. The van der Waals surface area contributed by atoms with E-state index < -0.39 is 17.7 Å². The second-order valence-electron chi connectivity index (χ2n) is 4.22. The molecule has 0 aliphatic rings. The summed E-state index contributed by atoms with van der Waals surface area (Å²) in [6.45, 7) is 0. The third kappa shape index (κ3) is 3.53. The van der Waals surface area contributed by atoms with E-state index in [4.69, 9.17) is 17.3 Å². The number of hydrogen-bond acceptors (Lipinski definition) is 1. The summed E-state index contributed by atoms with van der Waals surface area (Å²) in [6.07, 6.45) is 0.498. The maximum absolute atomic E-state index is 13.2. The third-order valence-corrected chi connectivity index (χ3v) is 3.66. The van der Waals surface area contributed by atoms with Crippen molar-refractivity contribution in [2.45, 2.75) is 12.5 Å². The fraction of sp³-hybridized carbons (Fsp3) is 0.143. The quantitative estimate of drug-likeness (QED) is 0.806. The van der Waals surface area contributed by atoms with Crippen LogP contribution in [0.3, 0.4) is 0 Å². The van der Waals surface area contributed by atoms with E-state index in [1.165, 1.54) is 0 Å². The molecule has 0 radical (unpaired) electrons. The number of rotatable bonds is 3. The fourth-order valence-electron chi connectivity index (χ4n) is 1.81. The van der Waals surface area contributed by atoms with E-state index in [9.17, 15) is 8.78 Å². The van der Waals surface area contributed by atoms with Crippen LogP contribution in [-0.4, -0.2) is 0 Å². The molecule has 2 aromatic rings. The maximum Gasteiger partial charge on any atom is 0.160 e. The van der Waals surface area contributed by atoms with Gasteiger partial charge in [-0.2, -0.15) is 0 Å². The molecule has 1 unspecified atom stereocenters. The van der Waals surface area contributed by atoms with Crippen molar-refractivity contribution < 1.29 is 8.78 Å². The van der Waals surface area contributed by atoms with Gasteiger partial charge in [-0.3, -0.25) is 0 Å². The van der Waals surface area contributed by atoms with Crippen molar-refractivity contribution in [1.82, 2.24) is 0 Å². The lowest BCUT2D eigenvalue weighted by molar-refractivity contribution is 0.505. The van der Waals surface area contributed by atoms with Gasteiger partial charge in [-0.1, -0.05) is 39.7 Å². The predicted molar refractivity (Wildman–Crippen MR) is 76.1 cm³/mol. The number of halogens is 4. The molecule has 0 saturated heterocycles. The SMILES string of the molecule is NC(Cc1ccc(Br)cc1)c1cc(F)c(F)cc1Cl. The van der Waals surface area contributed by atoms with Crippen molar-refractivity contribution >= 4 is 27.5 Å². The molecule has 0 amide bonds. The zero-order chi connectivity index (χ0) is 14.0. The highest BCUT2D eigenvalue weighted by Gasteiger charge is 2.15. The summed E-state index contributed by atoms with van der Waals surface area (Å²) in [4.78, 5) is 0. The van der Waals surface area contributed by atoms with Crippen molar-refractivity contribution in [3.05, 3.63) is 68.7 Å². The van der Waals surface area contributed by atoms with Crippen molar-refractivity contribution in [3.8, 4) is 0 Å². The number of nitrogens with two attached hydrogens (primary N) is 1. The van der Waals surface area contributed by atoms with E-state index in [1.54, 1.807) is 0 Å². The van der Waals surface area contributed by atoms with Crippen molar-refractivity contribution in [1.29, 1.82) is 0 Å². The molecule has 0 aromatic heterocycles. The normalized spacial score (nSPS) is 12.5. The average Bonchev–Trinajstić information content (AvgIpc) is 2.36. The van der Waals surface area contributed by atoms with Crippen LogP contribution >= 0.6 is 27.5 Å². The van der Waals surface area contributed by atoms with Crippen LogP contribution < -0.4 is 5.73 Å². The monoisotopic (exact) mass is 345 g/mol. The summed E-state index contributed by atoms with van der Waals surface area (Å²) >= 11 is 9.24. The minimum atomic E-state index is -0.968. The van der Waals surface area contributed by atoms with Crippen LogP contribution in [0, 0.1) is 11.6 Å². The van der Waals surface area contributed by atoms with Crippen LogP contribution in [0.4, 0.5) is 8.78 Å². The standard InChI is InChI=1S/C14H11BrClF2N/c15-9-3-1-8(2-4-9)5-14(19)10-6-12(17)13(18)7-11(10)16/h1-4,6-7,14H,5,19H2. The molecule has 0 bridgehead atoms. The topological polar surface area (TPSA) is 26.0 Å². The van der Waals surface area contributed by atoms with Gasteiger partial charge in [-0.05, 0) is 41.8 Å². The zero-order valence-electron chi connectivity index (χ0n) is 9.84. The first kappa shape index (κ1) is 14.4. The zero-order valence-corrected chi connectivity index (χ0v) is 12.2. The van der Waals surface area contributed by atoms with E-state index >= 15 is 0 Å². The Kier molecular flexibility index (Phi) is 4.55. The van der Waals surface area contributed by atoms with Gasteiger partial charge < -0.3 is 5.73 Å². The molecule has 1 nitrogen and oxygen atoms in total. The summed E-state index contributed by atoms with van der Waals surface area (Å²) in [5.74, 6) is -1.91. The van der Waals surface area contributed by atoms with Gasteiger partial charge in [0.05, 0.1) is 0 Å². The summed E-state index contributed by atoms with van der Waals surface area (Å²) in [6, 6.07) is 9.15. The molecular weight excluding hydrogens is 336 g/mol. The first-order valence-corrected chi connectivity index (χ1v) is 6.79. The van der Waals surface area contributed by atoms with Gasteiger partial charge in [0, 0.05) is 15.5 Å². The highest BCUT2D eigenvalue weighted by atomic mass is 79.9. The molecule has 19 heavy (non-hydrogen) atoms. The Hall–Kier alpha value is -0.970. The third-order valence-electron chi connectivity index (χ3n) is 2.81. The van der Waals surface area contributed by atoms with E-state index in [0.29, 0.717) is 12.0 Å². The first-order chi connectivity index (χ1) is 8.97. The van der Waals surface area contributed by atoms with Crippen molar-refractivity contribution in [3.63, 3.8) is 0 Å². The minimum Gasteiger partial charge on any atom is -0.324 e. The molecule has 0 spiro atoms. The molecule has 0 saturated carbocycles. The van der Waals surface area contributed by atoms with E-state index in [0.717, 1.165) is 22.2 Å². The predicted octanol–water partition coefficient (Wildman–Crippen LogP) is 4.62. The Bertz CT molecular complexity index is 587. The Balaban J connectivity index is 2.22. The highest BCUT2D eigenvalue weighted by Crippen LogP contribution is 2.27. The highest BCUT2D eigenvalue weighted by molar-refractivity contribution is 9.10. The summed E-state index contributed by atoms with van der Waals surface area (Å²) in [7, 11) is 0. The van der Waals surface area contributed by atoms with Gasteiger partial charge >= 0.3 is 0 Å².